The highest BCUT2D eigenvalue weighted by atomic mass is 15.0. The van der Waals surface area contributed by atoms with Crippen molar-refractivity contribution in [1.29, 1.82) is 0 Å². The van der Waals surface area contributed by atoms with Gasteiger partial charge in [-0.25, -0.2) is 9.97 Å². The standard InChI is InChI=1S/C10H7N3/c1-3-8-7-12-9-4-2-6-13(9)10(8)11-5-1/h1-7H. The van der Waals surface area contributed by atoms with Gasteiger partial charge in [-0.2, -0.15) is 0 Å². The lowest BCUT2D eigenvalue weighted by Gasteiger charge is -1.99. The predicted octanol–water partition coefficient (Wildman–Crippen LogP) is 1.88. The summed E-state index contributed by atoms with van der Waals surface area (Å²) >= 11 is 0. The van der Waals surface area contributed by atoms with Crippen molar-refractivity contribution < 1.29 is 0 Å². The smallest absolute Gasteiger partial charge is 0.147 e. The van der Waals surface area contributed by atoms with E-state index in [9.17, 15) is 0 Å². The first-order chi connectivity index (χ1) is 6.45. The van der Waals surface area contributed by atoms with E-state index >= 15 is 0 Å². The van der Waals surface area contributed by atoms with Gasteiger partial charge in [0.25, 0.3) is 0 Å². The molecule has 0 amide bonds. The lowest BCUT2D eigenvalue weighted by molar-refractivity contribution is 1.15. The number of hydrogen-bond acceptors (Lipinski definition) is 2. The fourth-order valence-corrected chi connectivity index (χ4v) is 1.50. The highest BCUT2D eigenvalue weighted by Gasteiger charge is 1.98. The second-order valence-corrected chi connectivity index (χ2v) is 2.91. The summed E-state index contributed by atoms with van der Waals surface area (Å²) in [6, 6.07) is 7.86. The van der Waals surface area contributed by atoms with E-state index in [0.717, 1.165) is 16.7 Å². The van der Waals surface area contributed by atoms with Gasteiger partial charge in [0.2, 0.25) is 0 Å². The van der Waals surface area contributed by atoms with Crippen LogP contribution in [0, 0.1) is 0 Å². The van der Waals surface area contributed by atoms with E-state index in [2.05, 4.69) is 9.97 Å². The maximum absolute atomic E-state index is 4.30. The fraction of sp³-hybridized carbons (Fsp3) is 0. The first-order valence-corrected chi connectivity index (χ1v) is 4.12. The minimum Gasteiger partial charge on any atom is -0.285 e. The van der Waals surface area contributed by atoms with Crippen molar-refractivity contribution in [3.63, 3.8) is 0 Å². The molecule has 0 spiro atoms. The molecule has 13 heavy (non-hydrogen) atoms. The Balaban J connectivity index is 2.65. The lowest BCUT2D eigenvalue weighted by Crippen LogP contribution is -1.90. The molecule has 3 aromatic heterocycles. The lowest BCUT2D eigenvalue weighted by atomic mass is 10.3. The fourth-order valence-electron chi connectivity index (χ4n) is 1.50. The summed E-state index contributed by atoms with van der Waals surface area (Å²) in [5, 5.41) is 1.06. The summed E-state index contributed by atoms with van der Waals surface area (Å²) < 4.78 is 1.98. The molecule has 0 aliphatic heterocycles. The van der Waals surface area contributed by atoms with Gasteiger partial charge in [-0.05, 0) is 24.3 Å². The highest BCUT2D eigenvalue weighted by molar-refractivity contribution is 5.76. The van der Waals surface area contributed by atoms with Crippen molar-refractivity contribution in [3.8, 4) is 0 Å². The molecule has 0 radical (unpaired) electrons. The molecule has 0 atom stereocenters. The van der Waals surface area contributed by atoms with Crippen LogP contribution in [0.2, 0.25) is 0 Å². The normalized spacial score (nSPS) is 11.1. The molecule has 0 N–H and O–H groups in total. The van der Waals surface area contributed by atoms with Crippen LogP contribution in [0.4, 0.5) is 0 Å². The van der Waals surface area contributed by atoms with Crippen molar-refractivity contribution in [2.24, 2.45) is 0 Å². The molecule has 3 heteroatoms. The topological polar surface area (TPSA) is 30.2 Å². The third kappa shape index (κ3) is 0.839. The van der Waals surface area contributed by atoms with Crippen LogP contribution in [0.1, 0.15) is 0 Å². The Hall–Kier alpha value is -1.90. The summed E-state index contributed by atoms with van der Waals surface area (Å²) in [5.41, 5.74) is 1.89. The van der Waals surface area contributed by atoms with E-state index in [1.165, 1.54) is 0 Å². The Labute approximate surface area is 74.7 Å². The van der Waals surface area contributed by atoms with Crippen molar-refractivity contribution in [3.05, 3.63) is 42.9 Å². The molecule has 0 fully saturated rings. The monoisotopic (exact) mass is 169 g/mol. The van der Waals surface area contributed by atoms with Crippen LogP contribution in [0.5, 0.6) is 0 Å². The molecular weight excluding hydrogens is 162 g/mol. The second kappa shape index (κ2) is 2.29. The molecule has 3 heterocycles. The van der Waals surface area contributed by atoms with Crippen LogP contribution < -0.4 is 0 Å². The molecule has 0 aliphatic rings. The maximum Gasteiger partial charge on any atom is 0.147 e. The first-order valence-electron chi connectivity index (χ1n) is 4.12. The Morgan fingerprint density at radius 3 is 3.08 bits per heavy atom. The molecule has 0 bridgehead atoms. The van der Waals surface area contributed by atoms with Crippen molar-refractivity contribution >= 4 is 16.7 Å². The van der Waals surface area contributed by atoms with Crippen LogP contribution in [0.15, 0.2) is 42.9 Å². The van der Waals surface area contributed by atoms with Gasteiger partial charge in [0.15, 0.2) is 0 Å². The van der Waals surface area contributed by atoms with E-state index in [0.29, 0.717) is 0 Å². The van der Waals surface area contributed by atoms with Gasteiger partial charge >= 0.3 is 0 Å². The zero-order valence-corrected chi connectivity index (χ0v) is 6.88. The molecular formula is C10H7N3. The number of rotatable bonds is 0. The van der Waals surface area contributed by atoms with Crippen LogP contribution in [0.25, 0.3) is 16.7 Å². The van der Waals surface area contributed by atoms with Gasteiger partial charge in [0, 0.05) is 24.0 Å². The summed E-state index contributed by atoms with van der Waals surface area (Å²) in [6.45, 7) is 0. The van der Waals surface area contributed by atoms with E-state index in [1.54, 1.807) is 6.20 Å². The SMILES string of the molecule is c1cnc2c(c1)cnc1cccn12. The van der Waals surface area contributed by atoms with E-state index in [1.807, 2.05) is 41.1 Å². The van der Waals surface area contributed by atoms with E-state index < -0.39 is 0 Å². The minimum atomic E-state index is 0.936. The summed E-state index contributed by atoms with van der Waals surface area (Å²) in [7, 11) is 0. The number of nitrogens with zero attached hydrogens (tertiary/aromatic N) is 3. The van der Waals surface area contributed by atoms with Crippen LogP contribution >= 0.6 is 0 Å². The van der Waals surface area contributed by atoms with Crippen LogP contribution in [-0.4, -0.2) is 14.4 Å². The molecule has 3 nitrogen and oxygen atoms in total. The van der Waals surface area contributed by atoms with Gasteiger partial charge in [-0.3, -0.25) is 4.40 Å². The van der Waals surface area contributed by atoms with Crippen LogP contribution in [-0.2, 0) is 0 Å². The van der Waals surface area contributed by atoms with E-state index in [4.69, 9.17) is 0 Å². The molecule has 0 aromatic carbocycles. The zero-order valence-electron chi connectivity index (χ0n) is 6.88. The number of hydrogen-bond donors (Lipinski definition) is 0. The second-order valence-electron chi connectivity index (χ2n) is 2.91. The van der Waals surface area contributed by atoms with Crippen molar-refractivity contribution in [2.75, 3.05) is 0 Å². The van der Waals surface area contributed by atoms with Crippen molar-refractivity contribution in [1.82, 2.24) is 14.4 Å². The number of aromatic nitrogens is 3. The largest absolute Gasteiger partial charge is 0.285 e. The quantitative estimate of drug-likeness (QED) is 0.514. The third-order valence-electron chi connectivity index (χ3n) is 2.11. The summed E-state index contributed by atoms with van der Waals surface area (Å²) in [6.07, 6.45) is 5.61. The van der Waals surface area contributed by atoms with Gasteiger partial charge in [0.1, 0.15) is 11.3 Å². The van der Waals surface area contributed by atoms with Gasteiger partial charge in [0.05, 0.1) is 0 Å². The molecule has 0 saturated heterocycles. The highest BCUT2D eigenvalue weighted by Crippen LogP contribution is 2.11. The zero-order chi connectivity index (χ0) is 8.67. The number of pyridine rings is 1. The molecule has 0 aliphatic carbocycles. The molecule has 0 saturated carbocycles. The molecule has 3 rings (SSSR count). The Morgan fingerprint density at radius 1 is 1.08 bits per heavy atom. The summed E-state index contributed by atoms with van der Waals surface area (Å²) in [4.78, 5) is 8.60. The Kier molecular flexibility index (Phi) is 1.16. The van der Waals surface area contributed by atoms with Gasteiger partial charge in [-0.15, -0.1) is 0 Å². The van der Waals surface area contributed by atoms with Gasteiger partial charge < -0.3 is 0 Å². The average Bonchev–Trinajstić information content (AvgIpc) is 2.65. The minimum absolute atomic E-state index is 0.936. The number of fused-ring (bicyclic) bond motifs is 3. The average molecular weight is 169 g/mol. The first kappa shape index (κ1) is 6.60. The maximum atomic E-state index is 4.30. The predicted molar refractivity (Wildman–Crippen MR) is 50.5 cm³/mol. The Morgan fingerprint density at radius 2 is 2.08 bits per heavy atom. The van der Waals surface area contributed by atoms with Crippen LogP contribution in [0.3, 0.4) is 0 Å². The molecule has 62 valence electrons. The third-order valence-corrected chi connectivity index (χ3v) is 2.11. The summed E-state index contributed by atoms with van der Waals surface area (Å²) in [5.74, 6) is 0. The van der Waals surface area contributed by atoms with Crippen molar-refractivity contribution in [2.45, 2.75) is 0 Å². The molecule has 0 unspecified atom stereocenters. The van der Waals surface area contributed by atoms with E-state index in [-0.39, 0.29) is 0 Å². The Bertz CT molecular complexity index is 568. The molecule has 3 aromatic rings. The van der Waals surface area contributed by atoms with Gasteiger partial charge in [-0.1, -0.05) is 0 Å².